The summed E-state index contributed by atoms with van der Waals surface area (Å²) in [5.74, 6) is -0.603. The summed E-state index contributed by atoms with van der Waals surface area (Å²) in [6.07, 6.45) is 0. The van der Waals surface area contributed by atoms with E-state index in [0.29, 0.717) is 12.3 Å². The summed E-state index contributed by atoms with van der Waals surface area (Å²) in [4.78, 5) is 13.7. The van der Waals surface area contributed by atoms with E-state index in [4.69, 9.17) is 4.74 Å². The minimum absolute atomic E-state index is 0.0626. The molecule has 1 amide bonds. The summed E-state index contributed by atoms with van der Waals surface area (Å²) in [5, 5.41) is 9.68. The Morgan fingerprint density at radius 2 is 2.00 bits per heavy atom. The molecule has 5 heteroatoms. The number of carbonyl (C=O) groups is 1. The van der Waals surface area contributed by atoms with Crippen molar-refractivity contribution in [1.82, 2.24) is 4.90 Å². The minimum Gasteiger partial charge on any atom is -0.507 e. The lowest BCUT2D eigenvalue weighted by Gasteiger charge is -2.19. The van der Waals surface area contributed by atoms with Gasteiger partial charge in [0, 0.05) is 19.2 Å². The second kappa shape index (κ2) is 6.26. The number of phenols is 1. The fourth-order valence-corrected chi connectivity index (χ4v) is 2.05. The van der Waals surface area contributed by atoms with Crippen molar-refractivity contribution in [2.45, 2.75) is 6.54 Å². The molecule has 0 radical (unpaired) electrons. The number of amides is 1. The number of aromatic hydroxyl groups is 1. The second-order valence-electron chi connectivity index (χ2n) is 4.63. The summed E-state index contributed by atoms with van der Waals surface area (Å²) < 4.78 is 18.4. The number of rotatable bonds is 4. The van der Waals surface area contributed by atoms with Crippen LogP contribution in [-0.4, -0.2) is 30.1 Å². The van der Waals surface area contributed by atoms with Crippen LogP contribution in [0.15, 0.2) is 42.5 Å². The molecule has 2 aromatic rings. The maximum absolute atomic E-state index is 13.2. The zero-order valence-corrected chi connectivity index (χ0v) is 11.8. The van der Waals surface area contributed by atoms with Crippen LogP contribution in [0.25, 0.3) is 0 Å². The van der Waals surface area contributed by atoms with Crippen molar-refractivity contribution in [3.05, 3.63) is 59.4 Å². The molecule has 2 aromatic carbocycles. The molecule has 0 aliphatic heterocycles. The summed E-state index contributed by atoms with van der Waals surface area (Å²) in [6.45, 7) is 0.290. The molecule has 0 saturated carbocycles. The van der Waals surface area contributed by atoms with Crippen molar-refractivity contribution in [2.24, 2.45) is 0 Å². The number of halogens is 1. The highest BCUT2D eigenvalue weighted by Crippen LogP contribution is 2.22. The van der Waals surface area contributed by atoms with Crippen LogP contribution < -0.4 is 4.74 Å². The van der Waals surface area contributed by atoms with Gasteiger partial charge in [-0.15, -0.1) is 0 Å². The summed E-state index contributed by atoms with van der Waals surface area (Å²) in [5.41, 5.74) is 0.763. The number of hydrogen-bond donors (Lipinski definition) is 1. The molecular weight excluding hydrogens is 273 g/mol. The first-order chi connectivity index (χ1) is 10.0. The third kappa shape index (κ3) is 3.31. The van der Waals surface area contributed by atoms with Gasteiger partial charge in [0.1, 0.15) is 17.3 Å². The van der Waals surface area contributed by atoms with Crippen LogP contribution in [0.4, 0.5) is 4.39 Å². The predicted octanol–water partition coefficient (Wildman–Crippen LogP) is 2.81. The first kappa shape index (κ1) is 14.8. The van der Waals surface area contributed by atoms with Gasteiger partial charge in [-0.05, 0) is 24.3 Å². The third-order valence-electron chi connectivity index (χ3n) is 3.14. The summed E-state index contributed by atoms with van der Waals surface area (Å²) in [6, 6.07) is 10.6. The number of nitrogens with zero attached hydrogens (tertiary/aromatic N) is 1. The van der Waals surface area contributed by atoms with Crippen LogP contribution in [0.2, 0.25) is 0 Å². The Hall–Kier alpha value is -2.56. The molecule has 0 aliphatic rings. The number of para-hydroxylation sites is 1. The highest BCUT2D eigenvalue weighted by Gasteiger charge is 2.18. The Morgan fingerprint density at radius 3 is 2.71 bits per heavy atom. The number of phenolic OH excluding ortho intramolecular Hbond substituents is 1. The van der Waals surface area contributed by atoms with Gasteiger partial charge in [0.2, 0.25) is 0 Å². The van der Waals surface area contributed by atoms with E-state index in [0.717, 1.165) is 17.7 Å². The Balaban J connectivity index is 2.22. The van der Waals surface area contributed by atoms with E-state index in [2.05, 4.69) is 0 Å². The number of methoxy groups -OCH3 is 1. The lowest BCUT2D eigenvalue weighted by atomic mass is 10.1. The fourth-order valence-electron chi connectivity index (χ4n) is 2.05. The molecule has 110 valence electrons. The molecule has 1 N–H and O–H groups in total. The van der Waals surface area contributed by atoms with E-state index >= 15 is 0 Å². The van der Waals surface area contributed by atoms with Crippen LogP contribution in [-0.2, 0) is 6.54 Å². The average molecular weight is 289 g/mol. The lowest BCUT2D eigenvalue weighted by molar-refractivity contribution is 0.0780. The molecule has 4 nitrogen and oxygen atoms in total. The molecule has 0 unspecified atom stereocenters. The van der Waals surface area contributed by atoms with Gasteiger partial charge in [-0.25, -0.2) is 4.39 Å². The van der Waals surface area contributed by atoms with Gasteiger partial charge >= 0.3 is 0 Å². The molecule has 0 fully saturated rings. The van der Waals surface area contributed by atoms with Crippen molar-refractivity contribution in [3.63, 3.8) is 0 Å². The van der Waals surface area contributed by atoms with Crippen molar-refractivity contribution < 1.29 is 19.0 Å². The van der Waals surface area contributed by atoms with Crippen LogP contribution >= 0.6 is 0 Å². The SMILES string of the molecule is COc1ccccc1CN(C)C(=O)c1cc(F)ccc1O. The molecule has 2 rings (SSSR count). The molecule has 0 spiro atoms. The van der Waals surface area contributed by atoms with Crippen molar-refractivity contribution in [2.75, 3.05) is 14.2 Å². The van der Waals surface area contributed by atoms with Gasteiger partial charge in [0.05, 0.1) is 12.7 Å². The van der Waals surface area contributed by atoms with E-state index in [1.54, 1.807) is 20.2 Å². The van der Waals surface area contributed by atoms with Crippen molar-refractivity contribution in [1.29, 1.82) is 0 Å². The summed E-state index contributed by atoms with van der Waals surface area (Å²) in [7, 11) is 3.14. The molecule has 0 aliphatic carbocycles. The molecule has 0 aromatic heterocycles. The smallest absolute Gasteiger partial charge is 0.257 e. The Morgan fingerprint density at radius 1 is 1.29 bits per heavy atom. The first-order valence-corrected chi connectivity index (χ1v) is 6.39. The lowest BCUT2D eigenvalue weighted by Crippen LogP contribution is -2.26. The molecule has 21 heavy (non-hydrogen) atoms. The van der Waals surface area contributed by atoms with E-state index < -0.39 is 11.7 Å². The van der Waals surface area contributed by atoms with Gasteiger partial charge < -0.3 is 14.7 Å². The number of ether oxygens (including phenoxy) is 1. The van der Waals surface area contributed by atoms with Crippen molar-refractivity contribution in [3.8, 4) is 11.5 Å². The maximum atomic E-state index is 13.2. The zero-order valence-electron chi connectivity index (χ0n) is 11.8. The largest absolute Gasteiger partial charge is 0.507 e. The average Bonchev–Trinajstić information content (AvgIpc) is 2.49. The van der Waals surface area contributed by atoms with E-state index in [1.807, 2.05) is 18.2 Å². The molecule has 0 saturated heterocycles. The van der Waals surface area contributed by atoms with Gasteiger partial charge in [-0.1, -0.05) is 18.2 Å². The molecule has 0 atom stereocenters. The van der Waals surface area contributed by atoms with E-state index in [1.165, 1.54) is 11.0 Å². The van der Waals surface area contributed by atoms with Crippen LogP contribution in [0.3, 0.4) is 0 Å². The topological polar surface area (TPSA) is 49.8 Å². The second-order valence-corrected chi connectivity index (χ2v) is 4.63. The van der Waals surface area contributed by atoms with Crippen LogP contribution in [0.1, 0.15) is 15.9 Å². The Kier molecular flexibility index (Phi) is 4.42. The van der Waals surface area contributed by atoms with E-state index in [-0.39, 0.29) is 11.3 Å². The Bertz CT molecular complexity index is 658. The minimum atomic E-state index is -0.568. The molecular formula is C16H16FNO3. The Labute approximate surface area is 122 Å². The number of carbonyl (C=O) groups excluding carboxylic acids is 1. The van der Waals surface area contributed by atoms with Crippen LogP contribution in [0.5, 0.6) is 11.5 Å². The maximum Gasteiger partial charge on any atom is 0.257 e. The molecule has 0 heterocycles. The third-order valence-corrected chi connectivity index (χ3v) is 3.14. The normalized spacial score (nSPS) is 10.2. The van der Waals surface area contributed by atoms with Gasteiger partial charge in [0.15, 0.2) is 0 Å². The number of benzene rings is 2. The van der Waals surface area contributed by atoms with E-state index in [9.17, 15) is 14.3 Å². The quantitative estimate of drug-likeness (QED) is 0.941. The monoisotopic (exact) mass is 289 g/mol. The van der Waals surface area contributed by atoms with Gasteiger partial charge in [0.25, 0.3) is 5.91 Å². The first-order valence-electron chi connectivity index (χ1n) is 6.39. The van der Waals surface area contributed by atoms with Gasteiger partial charge in [-0.3, -0.25) is 4.79 Å². The highest BCUT2D eigenvalue weighted by atomic mass is 19.1. The summed E-state index contributed by atoms with van der Waals surface area (Å²) >= 11 is 0. The standard InChI is InChI=1S/C16H16FNO3/c1-18(10-11-5-3-4-6-15(11)21-2)16(20)13-9-12(17)7-8-14(13)19/h3-9,19H,10H2,1-2H3. The number of hydrogen-bond acceptors (Lipinski definition) is 3. The molecule has 0 bridgehead atoms. The van der Waals surface area contributed by atoms with Gasteiger partial charge in [-0.2, -0.15) is 0 Å². The zero-order chi connectivity index (χ0) is 15.4. The highest BCUT2D eigenvalue weighted by molar-refractivity contribution is 5.96. The fraction of sp³-hybridized carbons (Fsp3) is 0.188. The van der Waals surface area contributed by atoms with Crippen LogP contribution in [0, 0.1) is 5.82 Å². The predicted molar refractivity (Wildman–Crippen MR) is 76.9 cm³/mol. The van der Waals surface area contributed by atoms with Crippen molar-refractivity contribution >= 4 is 5.91 Å².